The van der Waals surface area contributed by atoms with Gasteiger partial charge in [-0.3, -0.25) is 14.4 Å². The van der Waals surface area contributed by atoms with Gasteiger partial charge in [0.2, 0.25) is 0 Å². The highest BCUT2D eigenvalue weighted by atomic mass is 32.2. The van der Waals surface area contributed by atoms with Crippen molar-refractivity contribution in [2.24, 2.45) is 0 Å². The van der Waals surface area contributed by atoms with Gasteiger partial charge in [0, 0.05) is 25.4 Å². The number of esters is 1. The van der Waals surface area contributed by atoms with Gasteiger partial charge in [0.1, 0.15) is 0 Å². The molecule has 2 amide bonds. The molecular formula is C17H22N2O4S. The summed E-state index contributed by atoms with van der Waals surface area (Å²) in [5.41, 5.74) is 0.983. The van der Waals surface area contributed by atoms with Gasteiger partial charge in [-0.2, -0.15) is 0 Å². The van der Waals surface area contributed by atoms with Gasteiger partial charge in [0.15, 0.2) is 6.10 Å². The van der Waals surface area contributed by atoms with Crippen molar-refractivity contribution in [3.05, 3.63) is 35.9 Å². The Kier molecular flexibility index (Phi) is 7.11. The average molecular weight is 350 g/mol. The number of carbonyl (C=O) groups is 3. The van der Waals surface area contributed by atoms with Gasteiger partial charge in [-0.05, 0) is 12.0 Å². The molecule has 0 bridgehead atoms. The van der Waals surface area contributed by atoms with E-state index in [0.29, 0.717) is 26.1 Å². The summed E-state index contributed by atoms with van der Waals surface area (Å²) < 4.78 is 5.25. The first kappa shape index (κ1) is 18.3. The van der Waals surface area contributed by atoms with Crippen LogP contribution in [-0.2, 0) is 20.9 Å². The van der Waals surface area contributed by atoms with Crippen LogP contribution in [0.2, 0.25) is 0 Å². The van der Waals surface area contributed by atoms with Crippen molar-refractivity contribution < 1.29 is 19.1 Å². The van der Waals surface area contributed by atoms with Gasteiger partial charge >= 0.3 is 5.97 Å². The Hall–Kier alpha value is -2.02. The molecule has 1 atom stereocenters. The molecule has 1 aliphatic heterocycles. The van der Waals surface area contributed by atoms with Crippen molar-refractivity contribution in [1.82, 2.24) is 10.2 Å². The molecule has 24 heavy (non-hydrogen) atoms. The van der Waals surface area contributed by atoms with E-state index in [2.05, 4.69) is 5.32 Å². The summed E-state index contributed by atoms with van der Waals surface area (Å²) in [6.07, 6.45) is -0.288. The second kappa shape index (κ2) is 9.32. The zero-order valence-corrected chi connectivity index (χ0v) is 14.5. The van der Waals surface area contributed by atoms with E-state index in [1.807, 2.05) is 30.3 Å². The number of rotatable bonds is 8. The van der Waals surface area contributed by atoms with E-state index in [0.717, 1.165) is 11.3 Å². The minimum atomic E-state index is -0.801. The number of nitrogens with zero attached hydrogens (tertiary/aromatic N) is 1. The second-order valence-corrected chi connectivity index (χ2v) is 6.49. The van der Waals surface area contributed by atoms with E-state index < -0.39 is 12.1 Å². The summed E-state index contributed by atoms with van der Waals surface area (Å²) in [5, 5.41) is 2.77. The van der Waals surface area contributed by atoms with E-state index in [-0.39, 0.29) is 17.6 Å². The summed E-state index contributed by atoms with van der Waals surface area (Å²) in [4.78, 5) is 37.1. The summed E-state index contributed by atoms with van der Waals surface area (Å²) in [6.45, 7) is 3.19. The third-order valence-corrected chi connectivity index (χ3v) is 4.57. The standard InChI is InChI=1S/C17H22N2O4S/c1-2-14(16(21)18-12-13-6-4-3-5-7-13)23-15(20)8-9-19-10-11-24-17(19)22/h3-7,14H,2,8-12H2,1H3,(H,18,21)/t14-/m1/s1. The van der Waals surface area contributed by atoms with Gasteiger partial charge in [-0.25, -0.2) is 0 Å². The van der Waals surface area contributed by atoms with Gasteiger partial charge in [-0.1, -0.05) is 49.0 Å². The summed E-state index contributed by atoms with van der Waals surface area (Å²) in [7, 11) is 0. The van der Waals surface area contributed by atoms with E-state index >= 15 is 0 Å². The Balaban J connectivity index is 1.74. The Bertz CT molecular complexity index is 579. The molecule has 0 aromatic heterocycles. The van der Waals surface area contributed by atoms with Crippen LogP contribution < -0.4 is 5.32 Å². The molecule has 0 spiro atoms. The molecule has 1 N–H and O–H groups in total. The number of carbonyl (C=O) groups excluding carboxylic acids is 3. The first-order chi connectivity index (χ1) is 11.6. The fourth-order valence-electron chi connectivity index (χ4n) is 2.29. The molecule has 1 aromatic rings. The zero-order chi connectivity index (χ0) is 17.4. The molecule has 0 radical (unpaired) electrons. The molecule has 1 heterocycles. The maximum absolute atomic E-state index is 12.1. The maximum atomic E-state index is 12.1. The summed E-state index contributed by atoms with van der Waals surface area (Å²) >= 11 is 1.26. The lowest BCUT2D eigenvalue weighted by molar-refractivity contribution is -0.156. The number of hydrogen-bond donors (Lipinski definition) is 1. The number of thioether (sulfide) groups is 1. The minimum absolute atomic E-state index is 0.00422. The molecular weight excluding hydrogens is 328 g/mol. The van der Waals surface area contributed by atoms with E-state index in [9.17, 15) is 14.4 Å². The normalized spacial score (nSPS) is 15.2. The minimum Gasteiger partial charge on any atom is -0.452 e. The lowest BCUT2D eigenvalue weighted by atomic mass is 10.2. The Labute approximate surface area is 145 Å². The van der Waals surface area contributed by atoms with Crippen LogP contribution in [0.25, 0.3) is 0 Å². The van der Waals surface area contributed by atoms with Gasteiger partial charge in [0.05, 0.1) is 6.42 Å². The van der Waals surface area contributed by atoms with E-state index in [4.69, 9.17) is 4.74 Å². The van der Waals surface area contributed by atoms with Crippen molar-refractivity contribution in [1.29, 1.82) is 0 Å². The molecule has 2 rings (SSSR count). The van der Waals surface area contributed by atoms with Crippen LogP contribution in [0.5, 0.6) is 0 Å². The number of hydrogen-bond acceptors (Lipinski definition) is 5. The molecule has 0 aliphatic carbocycles. The lowest BCUT2D eigenvalue weighted by Crippen LogP contribution is -2.37. The Morgan fingerprint density at radius 1 is 1.33 bits per heavy atom. The van der Waals surface area contributed by atoms with Crippen molar-refractivity contribution in [2.75, 3.05) is 18.8 Å². The largest absolute Gasteiger partial charge is 0.452 e. The molecule has 6 nitrogen and oxygen atoms in total. The number of ether oxygens (including phenoxy) is 1. The highest BCUT2D eigenvalue weighted by Gasteiger charge is 2.24. The molecule has 1 saturated heterocycles. The fourth-order valence-corrected chi connectivity index (χ4v) is 3.15. The highest BCUT2D eigenvalue weighted by molar-refractivity contribution is 8.13. The third kappa shape index (κ3) is 5.56. The number of benzene rings is 1. The monoisotopic (exact) mass is 350 g/mol. The van der Waals surface area contributed by atoms with E-state index in [1.165, 1.54) is 11.8 Å². The van der Waals surface area contributed by atoms with Crippen molar-refractivity contribution in [2.45, 2.75) is 32.4 Å². The van der Waals surface area contributed by atoms with Gasteiger partial charge in [0.25, 0.3) is 11.1 Å². The Morgan fingerprint density at radius 2 is 2.08 bits per heavy atom. The molecule has 0 unspecified atom stereocenters. The Morgan fingerprint density at radius 3 is 2.71 bits per heavy atom. The topological polar surface area (TPSA) is 75.7 Å². The van der Waals surface area contributed by atoms with Crippen LogP contribution in [0.3, 0.4) is 0 Å². The highest BCUT2D eigenvalue weighted by Crippen LogP contribution is 2.17. The molecule has 1 fully saturated rings. The van der Waals surface area contributed by atoms with Crippen molar-refractivity contribution in [3.63, 3.8) is 0 Å². The summed E-state index contributed by atoms with van der Waals surface area (Å²) in [5.74, 6) is -0.00296. The second-order valence-electron chi connectivity index (χ2n) is 5.44. The lowest BCUT2D eigenvalue weighted by Gasteiger charge is -2.18. The van der Waals surface area contributed by atoms with Gasteiger partial charge in [-0.15, -0.1) is 0 Å². The molecule has 1 aliphatic rings. The molecule has 0 saturated carbocycles. The molecule has 7 heteroatoms. The SMILES string of the molecule is CC[C@@H](OC(=O)CCN1CCSC1=O)C(=O)NCc1ccccc1. The number of amides is 2. The maximum Gasteiger partial charge on any atom is 0.308 e. The average Bonchev–Trinajstić information content (AvgIpc) is 3.01. The fraction of sp³-hybridized carbons (Fsp3) is 0.471. The third-order valence-electron chi connectivity index (χ3n) is 3.68. The van der Waals surface area contributed by atoms with E-state index in [1.54, 1.807) is 11.8 Å². The van der Waals surface area contributed by atoms with Gasteiger partial charge < -0.3 is 15.0 Å². The summed E-state index contributed by atoms with van der Waals surface area (Å²) in [6, 6.07) is 9.54. The van der Waals surface area contributed by atoms with Crippen LogP contribution in [0.4, 0.5) is 4.79 Å². The van der Waals surface area contributed by atoms with Crippen molar-refractivity contribution >= 4 is 28.9 Å². The van der Waals surface area contributed by atoms with Crippen LogP contribution in [0, 0.1) is 0 Å². The predicted molar refractivity (Wildman–Crippen MR) is 92.5 cm³/mol. The number of nitrogens with one attached hydrogen (secondary N) is 1. The first-order valence-corrected chi connectivity index (χ1v) is 9.01. The first-order valence-electron chi connectivity index (χ1n) is 8.03. The predicted octanol–water partition coefficient (Wildman–Crippen LogP) is 2.18. The molecule has 1 aromatic carbocycles. The quantitative estimate of drug-likeness (QED) is 0.727. The zero-order valence-electron chi connectivity index (χ0n) is 13.7. The van der Waals surface area contributed by atoms with Crippen LogP contribution >= 0.6 is 11.8 Å². The molecule has 130 valence electrons. The van der Waals surface area contributed by atoms with Crippen molar-refractivity contribution in [3.8, 4) is 0 Å². The van der Waals surface area contributed by atoms with Crippen LogP contribution in [-0.4, -0.2) is 47.0 Å². The van der Waals surface area contributed by atoms with Crippen LogP contribution in [0.1, 0.15) is 25.3 Å². The van der Waals surface area contributed by atoms with Crippen LogP contribution in [0.15, 0.2) is 30.3 Å². The smallest absolute Gasteiger partial charge is 0.308 e.